The molecule has 0 atom stereocenters. The van der Waals surface area contributed by atoms with Crippen LogP contribution < -0.4 is 18.9 Å². The number of rotatable bonds is 9. The van der Waals surface area contributed by atoms with E-state index < -0.39 is 0 Å². The molecule has 0 spiro atoms. The third kappa shape index (κ3) is 5.30. The van der Waals surface area contributed by atoms with Gasteiger partial charge in [0.25, 0.3) is 0 Å². The Labute approximate surface area is 189 Å². The molecular weight excluding hydrogens is 404 g/mol. The number of hydrogen-bond donors (Lipinski definition) is 0. The van der Waals surface area contributed by atoms with Gasteiger partial charge in [-0.25, -0.2) is 0 Å². The van der Waals surface area contributed by atoms with Crippen molar-refractivity contribution < 1.29 is 23.7 Å². The average Bonchev–Trinajstić information content (AvgIpc) is 2.81. The van der Waals surface area contributed by atoms with Crippen LogP contribution in [0, 0.1) is 13.8 Å². The van der Waals surface area contributed by atoms with Gasteiger partial charge in [-0.05, 0) is 66.9 Å². The summed E-state index contributed by atoms with van der Waals surface area (Å²) < 4.78 is 22.1. The van der Waals surface area contributed by atoms with Crippen LogP contribution in [0.5, 0.6) is 23.0 Å². The highest BCUT2D eigenvalue weighted by Gasteiger charge is 2.12. The van der Waals surface area contributed by atoms with Crippen LogP contribution >= 0.6 is 0 Å². The maximum atomic E-state index is 12.8. The van der Waals surface area contributed by atoms with Crippen LogP contribution in [0.15, 0.2) is 60.7 Å². The van der Waals surface area contributed by atoms with Gasteiger partial charge in [0.05, 0.1) is 26.9 Å². The molecule has 0 radical (unpaired) electrons. The summed E-state index contributed by atoms with van der Waals surface area (Å²) in [5.74, 6) is 2.52. The van der Waals surface area contributed by atoms with Crippen molar-refractivity contribution in [3.63, 3.8) is 0 Å². The Morgan fingerprint density at radius 3 is 2.19 bits per heavy atom. The summed E-state index contributed by atoms with van der Waals surface area (Å²) in [5, 5.41) is 0. The van der Waals surface area contributed by atoms with Gasteiger partial charge in [-0.1, -0.05) is 30.3 Å². The van der Waals surface area contributed by atoms with Gasteiger partial charge in [0.15, 0.2) is 5.78 Å². The molecule has 0 saturated carbocycles. The number of allylic oxidation sites excluding steroid dienone is 1. The maximum absolute atomic E-state index is 12.8. The second-order valence-corrected chi connectivity index (χ2v) is 7.34. The van der Waals surface area contributed by atoms with E-state index >= 15 is 0 Å². The summed E-state index contributed by atoms with van der Waals surface area (Å²) in [6.07, 6.45) is 3.29. The topological polar surface area (TPSA) is 54.0 Å². The molecule has 166 valence electrons. The second kappa shape index (κ2) is 10.5. The molecule has 5 heteroatoms. The highest BCUT2D eigenvalue weighted by Crippen LogP contribution is 2.28. The van der Waals surface area contributed by atoms with Crippen molar-refractivity contribution in [3.8, 4) is 23.0 Å². The number of carbonyl (C=O) groups excluding carboxylic acids is 1. The molecule has 0 bridgehead atoms. The fourth-order valence-electron chi connectivity index (χ4n) is 3.46. The molecule has 0 N–H and O–H groups in total. The molecule has 0 aromatic heterocycles. The van der Waals surface area contributed by atoms with E-state index in [2.05, 4.69) is 0 Å². The Balaban J connectivity index is 1.82. The summed E-state index contributed by atoms with van der Waals surface area (Å²) in [4.78, 5) is 12.8. The highest BCUT2D eigenvalue weighted by molar-refractivity contribution is 6.08. The first kappa shape index (κ1) is 22.9. The van der Waals surface area contributed by atoms with Crippen LogP contribution in [0.1, 0.15) is 32.6 Å². The van der Waals surface area contributed by atoms with E-state index in [-0.39, 0.29) is 5.78 Å². The SMILES string of the molecule is COc1ccc(OC)c(C(=O)/C=C/c2ccc(OC)c(COc3c(C)cccc3C)c2)c1. The predicted octanol–water partition coefficient (Wildman–Crippen LogP) is 5.80. The number of methoxy groups -OCH3 is 3. The lowest BCUT2D eigenvalue weighted by Gasteiger charge is -2.14. The normalized spacial score (nSPS) is 10.8. The Bertz CT molecular complexity index is 1110. The van der Waals surface area contributed by atoms with Crippen LogP contribution in [0.25, 0.3) is 6.08 Å². The van der Waals surface area contributed by atoms with E-state index in [1.165, 1.54) is 13.2 Å². The summed E-state index contributed by atoms with van der Waals surface area (Å²) in [5.41, 5.74) is 4.36. The second-order valence-electron chi connectivity index (χ2n) is 7.34. The zero-order valence-corrected chi connectivity index (χ0v) is 19.1. The lowest BCUT2D eigenvalue weighted by molar-refractivity contribution is 0.104. The van der Waals surface area contributed by atoms with Crippen LogP contribution in [-0.4, -0.2) is 27.1 Å². The maximum Gasteiger partial charge on any atom is 0.189 e. The van der Waals surface area contributed by atoms with Gasteiger partial charge < -0.3 is 18.9 Å². The number of aryl methyl sites for hydroxylation is 2. The molecule has 0 unspecified atom stereocenters. The van der Waals surface area contributed by atoms with Crippen LogP contribution in [0.3, 0.4) is 0 Å². The van der Waals surface area contributed by atoms with Crippen LogP contribution in [-0.2, 0) is 6.61 Å². The summed E-state index contributed by atoms with van der Waals surface area (Å²) in [7, 11) is 4.73. The number of ketones is 1. The molecule has 5 nitrogen and oxygen atoms in total. The third-order valence-corrected chi connectivity index (χ3v) is 5.18. The van der Waals surface area contributed by atoms with Gasteiger partial charge in [0.2, 0.25) is 0 Å². The molecule has 0 saturated heterocycles. The molecule has 3 aromatic carbocycles. The minimum Gasteiger partial charge on any atom is -0.497 e. The standard InChI is InChI=1S/C27H28O5/c1-18-7-6-8-19(2)27(18)32-17-21-15-20(10-13-25(21)30-4)9-12-24(28)23-16-22(29-3)11-14-26(23)31-5/h6-16H,17H2,1-5H3/b12-9+. The Morgan fingerprint density at radius 1 is 0.844 bits per heavy atom. The molecule has 0 aliphatic heterocycles. The number of hydrogen-bond acceptors (Lipinski definition) is 5. The van der Waals surface area contributed by atoms with Gasteiger partial charge in [-0.3, -0.25) is 4.79 Å². The third-order valence-electron chi connectivity index (χ3n) is 5.18. The van der Waals surface area contributed by atoms with Gasteiger partial charge in [0, 0.05) is 5.56 Å². The molecule has 0 aliphatic rings. The van der Waals surface area contributed by atoms with Crippen LogP contribution in [0.2, 0.25) is 0 Å². The van der Waals surface area contributed by atoms with Crippen molar-refractivity contribution in [1.82, 2.24) is 0 Å². The zero-order valence-electron chi connectivity index (χ0n) is 19.1. The van der Waals surface area contributed by atoms with Crippen LogP contribution in [0.4, 0.5) is 0 Å². The van der Waals surface area contributed by atoms with E-state index in [1.54, 1.807) is 38.5 Å². The Kier molecular flexibility index (Phi) is 7.55. The first-order chi connectivity index (χ1) is 15.5. The van der Waals surface area contributed by atoms with Crippen molar-refractivity contribution in [1.29, 1.82) is 0 Å². The van der Waals surface area contributed by atoms with E-state index in [0.29, 0.717) is 23.7 Å². The fraction of sp³-hybridized carbons (Fsp3) is 0.222. The van der Waals surface area contributed by atoms with E-state index in [1.807, 2.05) is 50.2 Å². The molecule has 0 heterocycles. The monoisotopic (exact) mass is 432 g/mol. The molecule has 0 fully saturated rings. The number of benzene rings is 3. The Morgan fingerprint density at radius 2 is 1.53 bits per heavy atom. The summed E-state index contributed by atoms with van der Waals surface area (Å²) in [6.45, 7) is 4.41. The fourth-order valence-corrected chi connectivity index (χ4v) is 3.46. The first-order valence-electron chi connectivity index (χ1n) is 10.3. The van der Waals surface area contributed by atoms with Gasteiger partial charge >= 0.3 is 0 Å². The molecular formula is C27H28O5. The first-order valence-corrected chi connectivity index (χ1v) is 10.3. The van der Waals surface area contributed by atoms with Crippen molar-refractivity contribution in [2.45, 2.75) is 20.5 Å². The van der Waals surface area contributed by atoms with E-state index in [4.69, 9.17) is 18.9 Å². The van der Waals surface area contributed by atoms with Crippen molar-refractivity contribution in [3.05, 3.63) is 88.5 Å². The average molecular weight is 433 g/mol. The molecule has 32 heavy (non-hydrogen) atoms. The molecule has 3 rings (SSSR count). The summed E-state index contributed by atoms with van der Waals surface area (Å²) >= 11 is 0. The Hall–Kier alpha value is -3.73. The van der Waals surface area contributed by atoms with E-state index in [9.17, 15) is 4.79 Å². The highest BCUT2D eigenvalue weighted by atomic mass is 16.5. The summed E-state index contributed by atoms with van der Waals surface area (Å²) in [6, 6.07) is 16.9. The number of carbonyl (C=O) groups is 1. The molecule has 0 aliphatic carbocycles. The quantitative estimate of drug-likeness (QED) is 0.316. The van der Waals surface area contributed by atoms with E-state index in [0.717, 1.165) is 33.8 Å². The largest absolute Gasteiger partial charge is 0.497 e. The minimum atomic E-state index is -0.176. The minimum absolute atomic E-state index is 0.176. The molecule has 3 aromatic rings. The smallest absolute Gasteiger partial charge is 0.189 e. The lowest BCUT2D eigenvalue weighted by Crippen LogP contribution is -2.02. The van der Waals surface area contributed by atoms with Crippen molar-refractivity contribution >= 4 is 11.9 Å². The number of ether oxygens (including phenoxy) is 4. The van der Waals surface area contributed by atoms with Crippen molar-refractivity contribution in [2.24, 2.45) is 0 Å². The van der Waals surface area contributed by atoms with Gasteiger partial charge in [-0.2, -0.15) is 0 Å². The zero-order chi connectivity index (χ0) is 23.1. The predicted molar refractivity (Wildman–Crippen MR) is 126 cm³/mol. The lowest BCUT2D eigenvalue weighted by atomic mass is 10.1. The molecule has 0 amide bonds. The van der Waals surface area contributed by atoms with Gasteiger partial charge in [0.1, 0.15) is 29.6 Å². The van der Waals surface area contributed by atoms with Crippen molar-refractivity contribution in [2.75, 3.05) is 21.3 Å². The van der Waals surface area contributed by atoms with Gasteiger partial charge in [-0.15, -0.1) is 0 Å². The number of para-hydroxylation sites is 1.